The molecule has 2 rings (SSSR count). The first-order valence-corrected chi connectivity index (χ1v) is 6.61. The summed E-state index contributed by atoms with van der Waals surface area (Å²) in [6.45, 7) is 5.23. The molecule has 1 atom stereocenters. The smallest absolute Gasteiger partial charge is 0.111 e. The lowest BCUT2D eigenvalue weighted by Crippen LogP contribution is -2.17. The van der Waals surface area contributed by atoms with Crippen molar-refractivity contribution in [3.63, 3.8) is 0 Å². The van der Waals surface area contributed by atoms with E-state index in [0.29, 0.717) is 6.04 Å². The van der Waals surface area contributed by atoms with Crippen molar-refractivity contribution in [2.45, 2.75) is 19.9 Å². The quantitative estimate of drug-likeness (QED) is 0.929. The second-order valence-corrected chi connectivity index (χ2v) is 5.42. The van der Waals surface area contributed by atoms with Crippen LogP contribution in [0.1, 0.15) is 24.9 Å². The molecule has 1 aromatic heterocycles. The predicted octanol–water partition coefficient (Wildman–Crippen LogP) is 3.73. The monoisotopic (exact) mass is 284 g/mol. The van der Waals surface area contributed by atoms with E-state index in [1.807, 2.05) is 6.07 Å². The van der Waals surface area contributed by atoms with Crippen molar-refractivity contribution >= 4 is 37.5 Å². The van der Waals surface area contributed by atoms with Crippen LogP contribution in [0.25, 0.3) is 10.2 Å². The van der Waals surface area contributed by atoms with E-state index in [4.69, 9.17) is 0 Å². The fourth-order valence-corrected chi connectivity index (χ4v) is 3.04. The summed E-state index contributed by atoms with van der Waals surface area (Å²) in [5, 5.41) is 4.53. The minimum atomic E-state index is 0.339. The van der Waals surface area contributed by atoms with Crippen molar-refractivity contribution in [1.82, 2.24) is 10.3 Å². The molecule has 0 fully saturated rings. The third kappa shape index (κ3) is 2.38. The maximum Gasteiger partial charge on any atom is 0.111 e. The van der Waals surface area contributed by atoms with Gasteiger partial charge in [-0.1, -0.05) is 22.9 Å². The van der Waals surface area contributed by atoms with Crippen molar-refractivity contribution in [2.75, 3.05) is 6.54 Å². The minimum Gasteiger partial charge on any atom is -0.308 e. The first-order chi connectivity index (χ1) is 7.20. The molecule has 1 heterocycles. The van der Waals surface area contributed by atoms with Gasteiger partial charge in [0.05, 0.1) is 16.3 Å². The van der Waals surface area contributed by atoms with Gasteiger partial charge in [-0.3, -0.25) is 0 Å². The van der Waals surface area contributed by atoms with Crippen LogP contribution in [0.4, 0.5) is 0 Å². The number of nitrogens with one attached hydrogen (secondary N) is 1. The molecular weight excluding hydrogens is 272 g/mol. The normalized spacial score (nSPS) is 13.3. The Hall–Kier alpha value is -0.450. The van der Waals surface area contributed by atoms with E-state index >= 15 is 0 Å². The molecule has 2 nitrogen and oxygen atoms in total. The van der Waals surface area contributed by atoms with Gasteiger partial charge in [0.15, 0.2) is 0 Å². The number of hydrogen-bond donors (Lipinski definition) is 1. The molecule has 4 heteroatoms. The summed E-state index contributed by atoms with van der Waals surface area (Å²) < 4.78 is 2.35. The molecule has 0 radical (unpaired) electrons. The Labute approximate surface area is 102 Å². The van der Waals surface area contributed by atoms with E-state index < -0.39 is 0 Å². The fraction of sp³-hybridized carbons (Fsp3) is 0.364. The highest BCUT2D eigenvalue weighted by atomic mass is 79.9. The highest BCUT2D eigenvalue weighted by Gasteiger charge is 2.10. The van der Waals surface area contributed by atoms with Crippen LogP contribution in [0.2, 0.25) is 0 Å². The highest BCUT2D eigenvalue weighted by molar-refractivity contribution is 9.10. The molecule has 0 spiro atoms. The van der Waals surface area contributed by atoms with Gasteiger partial charge < -0.3 is 5.32 Å². The molecule has 0 aliphatic carbocycles. The standard InChI is InChI=1S/C11H13BrN2S/c1-3-13-7(2)11-14-9-5-4-8(12)6-10(9)15-11/h4-7,13H,3H2,1-2H3. The van der Waals surface area contributed by atoms with E-state index in [1.165, 1.54) is 4.70 Å². The summed E-state index contributed by atoms with van der Waals surface area (Å²) in [5.41, 5.74) is 1.09. The number of hydrogen-bond acceptors (Lipinski definition) is 3. The molecule has 0 saturated carbocycles. The Morgan fingerprint density at radius 3 is 3.07 bits per heavy atom. The number of aromatic nitrogens is 1. The van der Waals surface area contributed by atoms with E-state index in [9.17, 15) is 0 Å². The van der Waals surface area contributed by atoms with Crippen LogP contribution in [-0.4, -0.2) is 11.5 Å². The number of benzene rings is 1. The van der Waals surface area contributed by atoms with Crippen molar-refractivity contribution in [2.24, 2.45) is 0 Å². The van der Waals surface area contributed by atoms with Crippen LogP contribution < -0.4 is 5.32 Å². The third-order valence-electron chi connectivity index (χ3n) is 2.25. The molecule has 0 aliphatic rings. The van der Waals surface area contributed by atoms with Crippen LogP contribution in [-0.2, 0) is 0 Å². The Balaban J connectivity index is 2.38. The van der Waals surface area contributed by atoms with Crippen LogP contribution in [0.5, 0.6) is 0 Å². The van der Waals surface area contributed by atoms with Crippen molar-refractivity contribution in [1.29, 1.82) is 0 Å². The lowest BCUT2D eigenvalue weighted by atomic mass is 10.3. The largest absolute Gasteiger partial charge is 0.308 e. The van der Waals surface area contributed by atoms with Crippen LogP contribution in [0, 0.1) is 0 Å². The summed E-state index contributed by atoms with van der Waals surface area (Å²) in [6.07, 6.45) is 0. The molecule has 80 valence electrons. The van der Waals surface area contributed by atoms with E-state index in [0.717, 1.165) is 21.5 Å². The Morgan fingerprint density at radius 2 is 2.33 bits per heavy atom. The van der Waals surface area contributed by atoms with E-state index in [1.54, 1.807) is 11.3 Å². The maximum absolute atomic E-state index is 4.61. The number of rotatable bonds is 3. The zero-order valence-corrected chi connectivity index (χ0v) is 11.2. The van der Waals surface area contributed by atoms with Gasteiger partial charge in [-0.25, -0.2) is 4.98 Å². The molecular formula is C11H13BrN2S. The average molecular weight is 285 g/mol. The van der Waals surface area contributed by atoms with Crippen molar-refractivity contribution < 1.29 is 0 Å². The molecule has 0 aliphatic heterocycles. The van der Waals surface area contributed by atoms with Gasteiger partial charge in [-0.15, -0.1) is 11.3 Å². The molecule has 15 heavy (non-hydrogen) atoms. The molecule has 0 bridgehead atoms. The number of thiazole rings is 1. The van der Waals surface area contributed by atoms with E-state index in [-0.39, 0.29) is 0 Å². The van der Waals surface area contributed by atoms with Gasteiger partial charge in [-0.2, -0.15) is 0 Å². The predicted molar refractivity (Wildman–Crippen MR) is 69.4 cm³/mol. The maximum atomic E-state index is 4.61. The van der Waals surface area contributed by atoms with E-state index in [2.05, 4.69) is 52.2 Å². The van der Waals surface area contributed by atoms with Gasteiger partial charge in [0.1, 0.15) is 5.01 Å². The fourth-order valence-electron chi connectivity index (χ4n) is 1.49. The molecule has 0 saturated heterocycles. The molecule has 1 aromatic carbocycles. The topological polar surface area (TPSA) is 24.9 Å². The zero-order valence-electron chi connectivity index (χ0n) is 8.75. The summed E-state index contributed by atoms with van der Waals surface area (Å²) in [7, 11) is 0. The number of fused-ring (bicyclic) bond motifs is 1. The molecule has 2 aromatic rings. The van der Waals surface area contributed by atoms with Gasteiger partial charge in [0.25, 0.3) is 0 Å². The second-order valence-electron chi connectivity index (χ2n) is 3.44. The summed E-state index contributed by atoms with van der Waals surface area (Å²) in [4.78, 5) is 4.61. The summed E-state index contributed by atoms with van der Waals surface area (Å²) in [6, 6.07) is 6.54. The van der Waals surface area contributed by atoms with Crippen LogP contribution in [0.3, 0.4) is 0 Å². The van der Waals surface area contributed by atoms with Gasteiger partial charge in [0, 0.05) is 4.47 Å². The van der Waals surface area contributed by atoms with Crippen LogP contribution in [0.15, 0.2) is 22.7 Å². The first kappa shape index (κ1) is 11.0. The Bertz CT molecular complexity index is 467. The number of halogens is 1. The Morgan fingerprint density at radius 1 is 1.53 bits per heavy atom. The minimum absolute atomic E-state index is 0.339. The summed E-state index contributed by atoms with van der Waals surface area (Å²) in [5.74, 6) is 0. The first-order valence-electron chi connectivity index (χ1n) is 5.00. The second kappa shape index (κ2) is 4.60. The summed E-state index contributed by atoms with van der Waals surface area (Å²) >= 11 is 5.23. The third-order valence-corrected chi connectivity index (χ3v) is 3.94. The highest BCUT2D eigenvalue weighted by Crippen LogP contribution is 2.28. The van der Waals surface area contributed by atoms with Crippen molar-refractivity contribution in [3.8, 4) is 0 Å². The van der Waals surface area contributed by atoms with Gasteiger partial charge in [0.2, 0.25) is 0 Å². The molecule has 0 amide bonds. The Kier molecular flexibility index (Phi) is 3.38. The lowest BCUT2D eigenvalue weighted by molar-refractivity contribution is 0.596. The molecule has 1 unspecified atom stereocenters. The lowest BCUT2D eigenvalue weighted by Gasteiger charge is -2.07. The molecule has 1 N–H and O–H groups in total. The van der Waals surface area contributed by atoms with Gasteiger partial charge in [-0.05, 0) is 31.7 Å². The number of nitrogens with zero attached hydrogens (tertiary/aromatic N) is 1. The van der Waals surface area contributed by atoms with Crippen molar-refractivity contribution in [3.05, 3.63) is 27.7 Å². The average Bonchev–Trinajstić information content (AvgIpc) is 2.60. The SMILES string of the molecule is CCNC(C)c1nc2ccc(Br)cc2s1. The van der Waals surface area contributed by atoms with Gasteiger partial charge >= 0.3 is 0 Å². The van der Waals surface area contributed by atoms with Crippen LogP contribution >= 0.6 is 27.3 Å². The zero-order chi connectivity index (χ0) is 10.8.